The molecule has 5 heteroatoms. The SMILES string of the molecule is CC(O)C(=O)O.CC1(C)C2CC[C@]1(C)C(O)(c1ccc(O)cc1)C2. The van der Waals surface area contributed by atoms with Crippen molar-refractivity contribution in [1.82, 2.24) is 0 Å². The molecular weight excluding hydrogens is 308 g/mol. The lowest BCUT2D eigenvalue weighted by atomic mass is 9.62. The van der Waals surface area contributed by atoms with E-state index < -0.39 is 17.7 Å². The number of phenols is 1. The van der Waals surface area contributed by atoms with Crippen molar-refractivity contribution in [2.24, 2.45) is 16.7 Å². The van der Waals surface area contributed by atoms with Gasteiger partial charge in [0, 0.05) is 5.41 Å². The zero-order valence-corrected chi connectivity index (χ0v) is 14.8. The lowest BCUT2D eigenvalue weighted by Gasteiger charge is -2.45. The molecule has 4 N–H and O–H groups in total. The molecule has 0 aromatic heterocycles. The van der Waals surface area contributed by atoms with Gasteiger partial charge in [-0.05, 0) is 55.2 Å². The normalized spacial score (nSPS) is 34.3. The summed E-state index contributed by atoms with van der Waals surface area (Å²) in [5.74, 6) is -0.328. The van der Waals surface area contributed by atoms with Gasteiger partial charge in [-0.25, -0.2) is 4.79 Å². The summed E-state index contributed by atoms with van der Waals surface area (Å²) >= 11 is 0. The number of carbonyl (C=O) groups is 1. The molecule has 2 bridgehead atoms. The van der Waals surface area contributed by atoms with Crippen molar-refractivity contribution in [2.45, 2.75) is 58.7 Å². The number of aliphatic carboxylic acids is 1. The van der Waals surface area contributed by atoms with Crippen LogP contribution in [0.5, 0.6) is 5.75 Å². The highest BCUT2D eigenvalue weighted by Crippen LogP contribution is 2.72. The fraction of sp³-hybridized carbons (Fsp3) is 0.632. The highest BCUT2D eigenvalue weighted by Gasteiger charge is 2.68. The minimum atomic E-state index is -1.23. The van der Waals surface area contributed by atoms with Crippen LogP contribution in [0.4, 0.5) is 0 Å². The number of aliphatic hydroxyl groups is 2. The Labute approximate surface area is 143 Å². The Morgan fingerprint density at radius 1 is 1.21 bits per heavy atom. The molecule has 2 aliphatic rings. The van der Waals surface area contributed by atoms with Crippen LogP contribution >= 0.6 is 0 Å². The van der Waals surface area contributed by atoms with Gasteiger partial charge in [-0.2, -0.15) is 0 Å². The number of aromatic hydroxyl groups is 1. The number of phenolic OH excluding ortho intramolecular Hbond substituents is 1. The number of fused-ring (bicyclic) bond motifs is 2. The van der Waals surface area contributed by atoms with Gasteiger partial charge in [0.25, 0.3) is 0 Å². The first-order valence-electron chi connectivity index (χ1n) is 8.38. The van der Waals surface area contributed by atoms with Crippen LogP contribution in [-0.2, 0) is 10.4 Å². The van der Waals surface area contributed by atoms with Crippen LogP contribution in [0.3, 0.4) is 0 Å². The predicted octanol–water partition coefficient (Wildman–Crippen LogP) is 2.88. The topological polar surface area (TPSA) is 98.0 Å². The minimum absolute atomic E-state index is 0.0678. The summed E-state index contributed by atoms with van der Waals surface area (Å²) in [7, 11) is 0. The summed E-state index contributed by atoms with van der Waals surface area (Å²) in [5.41, 5.74) is 0.326. The summed E-state index contributed by atoms with van der Waals surface area (Å²) in [4.78, 5) is 9.45. The van der Waals surface area contributed by atoms with Crippen LogP contribution in [0.2, 0.25) is 0 Å². The molecule has 0 amide bonds. The van der Waals surface area contributed by atoms with Crippen LogP contribution in [0, 0.1) is 16.7 Å². The van der Waals surface area contributed by atoms with E-state index in [0.29, 0.717) is 5.92 Å². The third-order valence-corrected chi connectivity index (χ3v) is 6.59. The standard InChI is InChI=1S/C16H22O2.C3H6O3/c1-14(2)12-8-9-15(14,3)16(18,10-12)11-4-6-13(17)7-5-11;1-2(4)3(5)6/h4-7,12,17-18H,8-10H2,1-3H3;2,4H,1H3,(H,5,6)/t12?,15-,16?;/m0./s1. The lowest BCUT2D eigenvalue weighted by Crippen LogP contribution is -2.44. The first kappa shape index (κ1) is 18.7. The van der Waals surface area contributed by atoms with Crippen LogP contribution < -0.4 is 0 Å². The molecule has 0 aliphatic heterocycles. The fourth-order valence-electron chi connectivity index (χ4n) is 4.45. The molecule has 0 heterocycles. The van der Waals surface area contributed by atoms with Gasteiger partial charge in [-0.3, -0.25) is 0 Å². The van der Waals surface area contributed by atoms with Crippen molar-refractivity contribution in [2.75, 3.05) is 0 Å². The Bertz CT molecular complexity index is 607. The molecule has 3 rings (SSSR count). The van der Waals surface area contributed by atoms with Crippen molar-refractivity contribution in [3.63, 3.8) is 0 Å². The smallest absolute Gasteiger partial charge is 0.332 e. The number of benzene rings is 1. The Balaban J connectivity index is 0.000000301. The van der Waals surface area contributed by atoms with Crippen molar-refractivity contribution in [1.29, 1.82) is 0 Å². The van der Waals surface area contributed by atoms with E-state index >= 15 is 0 Å². The largest absolute Gasteiger partial charge is 0.508 e. The van der Waals surface area contributed by atoms with E-state index in [-0.39, 0.29) is 16.6 Å². The molecule has 1 aromatic rings. The summed E-state index contributed by atoms with van der Waals surface area (Å²) < 4.78 is 0. The molecule has 0 radical (unpaired) electrons. The highest BCUT2D eigenvalue weighted by molar-refractivity contribution is 5.71. The maximum atomic E-state index is 11.3. The summed E-state index contributed by atoms with van der Waals surface area (Å²) in [6.07, 6.45) is 1.93. The average molecular weight is 336 g/mol. The minimum Gasteiger partial charge on any atom is -0.508 e. The Morgan fingerprint density at radius 3 is 2.04 bits per heavy atom. The van der Waals surface area contributed by atoms with E-state index in [0.717, 1.165) is 18.4 Å². The summed E-state index contributed by atoms with van der Waals surface area (Å²) in [6, 6.07) is 7.10. The molecule has 2 aliphatic carbocycles. The van der Waals surface area contributed by atoms with E-state index in [1.807, 2.05) is 12.1 Å². The molecule has 5 nitrogen and oxygen atoms in total. The van der Waals surface area contributed by atoms with Gasteiger partial charge in [0.2, 0.25) is 0 Å². The van der Waals surface area contributed by atoms with Gasteiger partial charge in [0.1, 0.15) is 11.9 Å². The van der Waals surface area contributed by atoms with Gasteiger partial charge < -0.3 is 20.4 Å². The van der Waals surface area contributed by atoms with Gasteiger partial charge in [-0.1, -0.05) is 32.9 Å². The first-order chi connectivity index (χ1) is 11.0. The number of hydrogen-bond acceptors (Lipinski definition) is 4. The zero-order valence-electron chi connectivity index (χ0n) is 14.8. The predicted molar refractivity (Wildman–Crippen MR) is 90.5 cm³/mol. The number of carboxylic acids is 1. The molecule has 2 fully saturated rings. The number of carboxylic acid groups (broad SMARTS) is 1. The van der Waals surface area contributed by atoms with E-state index in [1.165, 1.54) is 13.3 Å². The second-order valence-electron chi connectivity index (χ2n) is 7.91. The molecule has 2 saturated carbocycles. The second kappa shape index (κ2) is 6.05. The maximum absolute atomic E-state index is 11.3. The molecular formula is C19H28O5. The summed E-state index contributed by atoms with van der Waals surface area (Å²) in [5, 5.41) is 36.4. The van der Waals surface area contributed by atoms with Crippen molar-refractivity contribution >= 4 is 5.97 Å². The molecule has 134 valence electrons. The van der Waals surface area contributed by atoms with Crippen LogP contribution in [0.15, 0.2) is 24.3 Å². The lowest BCUT2D eigenvalue weighted by molar-refractivity contribution is -0.145. The van der Waals surface area contributed by atoms with Gasteiger partial charge >= 0.3 is 5.97 Å². The molecule has 0 spiro atoms. The average Bonchev–Trinajstić information content (AvgIpc) is 2.80. The highest BCUT2D eigenvalue weighted by atomic mass is 16.4. The van der Waals surface area contributed by atoms with E-state index in [4.69, 9.17) is 10.2 Å². The maximum Gasteiger partial charge on any atom is 0.332 e. The quantitative estimate of drug-likeness (QED) is 0.666. The van der Waals surface area contributed by atoms with Crippen molar-refractivity contribution < 1.29 is 25.2 Å². The number of rotatable bonds is 2. The number of aliphatic hydroxyl groups excluding tert-OH is 1. The van der Waals surface area contributed by atoms with Crippen LogP contribution in [-0.4, -0.2) is 32.5 Å². The summed E-state index contributed by atoms with van der Waals surface area (Å²) in [6.45, 7) is 8.02. The Kier molecular flexibility index (Phi) is 4.72. The molecule has 3 unspecified atom stereocenters. The second-order valence-corrected chi connectivity index (χ2v) is 7.91. The van der Waals surface area contributed by atoms with E-state index in [9.17, 15) is 15.0 Å². The van der Waals surface area contributed by atoms with Crippen LogP contribution in [0.1, 0.15) is 52.5 Å². The molecule has 4 atom stereocenters. The fourth-order valence-corrected chi connectivity index (χ4v) is 4.45. The third-order valence-electron chi connectivity index (χ3n) is 6.59. The Hall–Kier alpha value is -1.59. The van der Waals surface area contributed by atoms with Gasteiger partial charge in [0.05, 0.1) is 5.60 Å². The van der Waals surface area contributed by atoms with E-state index in [1.54, 1.807) is 12.1 Å². The third kappa shape index (κ3) is 2.70. The van der Waals surface area contributed by atoms with Crippen molar-refractivity contribution in [3.05, 3.63) is 29.8 Å². The van der Waals surface area contributed by atoms with Crippen molar-refractivity contribution in [3.8, 4) is 5.75 Å². The first-order valence-corrected chi connectivity index (χ1v) is 8.38. The Morgan fingerprint density at radius 2 is 1.71 bits per heavy atom. The van der Waals surface area contributed by atoms with Crippen LogP contribution in [0.25, 0.3) is 0 Å². The zero-order chi connectivity index (χ0) is 18.3. The monoisotopic (exact) mass is 336 g/mol. The molecule has 24 heavy (non-hydrogen) atoms. The number of hydrogen-bond donors (Lipinski definition) is 4. The van der Waals surface area contributed by atoms with E-state index in [2.05, 4.69) is 20.8 Å². The van der Waals surface area contributed by atoms with Gasteiger partial charge in [0.15, 0.2) is 0 Å². The van der Waals surface area contributed by atoms with Gasteiger partial charge in [-0.15, -0.1) is 0 Å². The molecule has 0 saturated heterocycles. The molecule has 1 aromatic carbocycles.